The van der Waals surface area contributed by atoms with E-state index in [0.717, 1.165) is 37.3 Å². The Labute approximate surface area is 125 Å². The van der Waals surface area contributed by atoms with Crippen molar-refractivity contribution < 1.29 is 4.79 Å². The first-order chi connectivity index (χ1) is 9.74. The van der Waals surface area contributed by atoms with E-state index >= 15 is 0 Å². The van der Waals surface area contributed by atoms with Gasteiger partial charge in [-0.1, -0.05) is 36.6 Å². The number of urea groups is 1. The van der Waals surface area contributed by atoms with Gasteiger partial charge in [-0.2, -0.15) is 0 Å². The third-order valence-electron chi connectivity index (χ3n) is 4.45. The molecule has 1 aliphatic heterocycles. The summed E-state index contributed by atoms with van der Waals surface area (Å²) in [5.74, 6) is 0. The fourth-order valence-electron chi connectivity index (χ4n) is 3.37. The first-order valence-electron chi connectivity index (χ1n) is 7.56. The summed E-state index contributed by atoms with van der Waals surface area (Å²) in [5.41, 5.74) is 1.19. The Morgan fingerprint density at radius 2 is 1.80 bits per heavy atom. The number of hydrogen-bond donors (Lipinski definition) is 1. The summed E-state index contributed by atoms with van der Waals surface area (Å²) < 4.78 is 0. The predicted octanol–water partition coefficient (Wildman–Crippen LogP) is 4.13. The van der Waals surface area contributed by atoms with Crippen molar-refractivity contribution in [2.45, 2.75) is 50.6 Å². The van der Waals surface area contributed by atoms with Gasteiger partial charge in [-0.3, -0.25) is 0 Å². The molecule has 1 atom stereocenters. The van der Waals surface area contributed by atoms with Crippen LogP contribution in [0.3, 0.4) is 0 Å². The second-order valence-corrected chi connectivity index (χ2v) is 6.27. The van der Waals surface area contributed by atoms with Crippen molar-refractivity contribution in [2.24, 2.45) is 0 Å². The Morgan fingerprint density at radius 3 is 2.50 bits per heavy atom. The zero-order chi connectivity index (χ0) is 13.9. The van der Waals surface area contributed by atoms with Crippen molar-refractivity contribution in [1.29, 1.82) is 0 Å². The number of carbonyl (C=O) groups excluding carboxylic acids is 1. The van der Waals surface area contributed by atoms with Crippen molar-refractivity contribution in [1.82, 2.24) is 10.2 Å². The first-order valence-corrected chi connectivity index (χ1v) is 7.94. The lowest BCUT2D eigenvalue weighted by Crippen LogP contribution is -2.43. The van der Waals surface area contributed by atoms with Crippen LogP contribution in [-0.2, 0) is 0 Å². The number of rotatable bonds is 2. The summed E-state index contributed by atoms with van der Waals surface area (Å²) in [6.07, 6.45) is 6.86. The molecule has 1 saturated carbocycles. The molecule has 3 rings (SSSR count). The number of hydrogen-bond acceptors (Lipinski definition) is 1. The van der Waals surface area contributed by atoms with E-state index in [-0.39, 0.29) is 12.1 Å². The molecule has 3 nitrogen and oxygen atoms in total. The molecule has 1 aromatic carbocycles. The van der Waals surface area contributed by atoms with Crippen LogP contribution in [0.15, 0.2) is 24.3 Å². The second-order valence-electron chi connectivity index (χ2n) is 5.83. The summed E-state index contributed by atoms with van der Waals surface area (Å²) >= 11 is 5.94. The zero-order valence-corrected chi connectivity index (χ0v) is 12.4. The molecule has 108 valence electrons. The molecule has 1 saturated heterocycles. The number of nitrogens with one attached hydrogen (secondary N) is 1. The molecule has 1 aliphatic carbocycles. The van der Waals surface area contributed by atoms with Crippen LogP contribution in [0.25, 0.3) is 0 Å². The average molecular weight is 293 g/mol. The normalized spacial score (nSPS) is 23.2. The van der Waals surface area contributed by atoms with Gasteiger partial charge in [0.25, 0.3) is 0 Å². The van der Waals surface area contributed by atoms with Crippen LogP contribution in [0.1, 0.15) is 50.1 Å². The van der Waals surface area contributed by atoms with Gasteiger partial charge in [0.1, 0.15) is 0 Å². The maximum Gasteiger partial charge on any atom is 0.318 e. The molecule has 2 aliphatic rings. The highest BCUT2D eigenvalue weighted by Crippen LogP contribution is 2.32. The highest BCUT2D eigenvalue weighted by molar-refractivity contribution is 6.30. The Morgan fingerprint density at radius 1 is 1.10 bits per heavy atom. The van der Waals surface area contributed by atoms with Crippen molar-refractivity contribution in [3.05, 3.63) is 34.9 Å². The number of likely N-dealkylation sites (tertiary alicyclic amines) is 1. The SMILES string of the molecule is O=C(NC1CCCC1)N1CCC[C@H]1c1ccc(Cl)cc1. The molecule has 1 aromatic rings. The second kappa shape index (κ2) is 6.04. The van der Waals surface area contributed by atoms with E-state index in [9.17, 15) is 4.79 Å². The van der Waals surface area contributed by atoms with E-state index < -0.39 is 0 Å². The largest absolute Gasteiger partial charge is 0.335 e. The molecule has 1 heterocycles. The Balaban J connectivity index is 1.68. The van der Waals surface area contributed by atoms with Crippen molar-refractivity contribution in [3.8, 4) is 0 Å². The Bertz CT molecular complexity index is 468. The molecule has 0 unspecified atom stereocenters. The topological polar surface area (TPSA) is 32.3 Å². The molecule has 2 amide bonds. The highest BCUT2D eigenvalue weighted by Gasteiger charge is 2.31. The number of halogens is 1. The fraction of sp³-hybridized carbons (Fsp3) is 0.562. The molecule has 0 aromatic heterocycles. The van der Waals surface area contributed by atoms with Gasteiger partial charge in [0, 0.05) is 17.6 Å². The number of nitrogens with zero attached hydrogens (tertiary/aromatic N) is 1. The predicted molar refractivity (Wildman–Crippen MR) is 80.9 cm³/mol. The summed E-state index contributed by atoms with van der Waals surface area (Å²) in [7, 11) is 0. The van der Waals surface area contributed by atoms with Gasteiger partial charge in [-0.05, 0) is 43.4 Å². The molecular formula is C16H21ClN2O. The van der Waals surface area contributed by atoms with Gasteiger partial charge in [0.05, 0.1) is 6.04 Å². The van der Waals surface area contributed by atoms with Gasteiger partial charge >= 0.3 is 6.03 Å². The fourth-order valence-corrected chi connectivity index (χ4v) is 3.49. The lowest BCUT2D eigenvalue weighted by atomic mass is 10.1. The zero-order valence-electron chi connectivity index (χ0n) is 11.6. The van der Waals surface area contributed by atoms with Crippen LogP contribution in [0.4, 0.5) is 4.79 Å². The molecule has 0 bridgehead atoms. The quantitative estimate of drug-likeness (QED) is 0.873. The maximum atomic E-state index is 12.4. The minimum atomic E-state index is 0.106. The molecular weight excluding hydrogens is 272 g/mol. The minimum absolute atomic E-state index is 0.106. The molecule has 1 N–H and O–H groups in total. The smallest absolute Gasteiger partial charge is 0.318 e. The minimum Gasteiger partial charge on any atom is -0.335 e. The van der Waals surface area contributed by atoms with Crippen molar-refractivity contribution in [3.63, 3.8) is 0 Å². The molecule has 0 radical (unpaired) electrons. The third-order valence-corrected chi connectivity index (χ3v) is 4.70. The van der Waals surface area contributed by atoms with Gasteiger partial charge in [-0.25, -0.2) is 4.79 Å². The molecule has 20 heavy (non-hydrogen) atoms. The van der Waals surface area contributed by atoms with Crippen LogP contribution in [0.5, 0.6) is 0 Å². The van der Waals surface area contributed by atoms with Gasteiger partial charge < -0.3 is 10.2 Å². The highest BCUT2D eigenvalue weighted by atomic mass is 35.5. The maximum absolute atomic E-state index is 12.4. The van der Waals surface area contributed by atoms with Gasteiger partial charge in [0.2, 0.25) is 0 Å². The number of benzene rings is 1. The molecule has 4 heteroatoms. The summed E-state index contributed by atoms with van der Waals surface area (Å²) in [6.45, 7) is 0.853. The molecule has 0 spiro atoms. The monoisotopic (exact) mass is 292 g/mol. The first kappa shape index (κ1) is 13.7. The van der Waals surface area contributed by atoms with Crippen LogP contribution in [0.2, 0.25) is 5.02 Å². The number of carbonyl (C=O) groups is 1. The van der Waals surface area contributed by atoms with E-state index in [0.29, 0.717) is 6.04 Å². The van der Waals surface area contributed by atoms with E-state index in [1.807, 2.05) is 29.2 Å². The van der Waals surface area contributed by atoms with Crippen LogP contribution in [0, 0.1) is 0 Å². The van der Waals surface area contributed by atoms with Crippen molar-refractivity contribution >= 4 is 17.6 Å². The van der Waals surface area contributed by atoms with E-state index in [2.05, 4.69) is 5.32 Å². The summed E-state index contributed by atoms with van der Waals surface area (Å²) in [6, 6.07) is 8.57. The van der Waals surface area contributed by atoms with Crippen molar-refractivity contribution in [2.75, 3.05) is 6.54 Å². The van der Waals surface area contributed by atoms with Gasteiger partial charge in [-0.15, -0.1) is 0 Å². The average Bonchev–Trinajstić information content (AvgIpc) is 3.10. The lowest BCUT2D eigenvalue weighted by molar-refractivity contribution is 0.189. The Hall–Kier alpha value is -1.22. The Kier molecular flexibility index (Phi) is 4.16. The standard InChI is InChI=1S/C16H21ClN2O/c17-13-9-7-12(8-10-13)15-6-3-11-19(15)16(20)18-14-4-1-2-5-14/h7-10,14-15H,1-6,11H2,(H,18,20)/t15-/m0/s1. The van der Waals surface area contributed by atoms with Gasteiger partial charge in [0.15, 0.2) is 0 Å². The summed E-state index contributed by atoms with van der Waals surface area (Å²) in [4.78, 5) is 14.4. The lowest BCUT2D eigenvalue weighted by Gasteiger charge is -2.27. The van der Waals surface area contributed by atoms with Crippen LogP contribution < -0.4 is 5.32 Å². The third kappa shape index (κ3) is 2.93. The van der Waals surface area contributed by atoms with E-state index in [4.69, 9.17) is 11.6 Å². The van der Waals surface area contributed by atoms with Crippen LogP contribution in [-0.4, -0.2) is 23.5 Å². The molecule has 2 fully saturated rings. The van der Waals surface area contributed by atoms with Crippen LogP contribution >= 0.6 is 11.6 Å². The van der Waals surface area contributed by atoms with E-state index in [1.165, 1.54) is 18.4 Å². The van der Waals surface area contributed by atoms with E-state index in [1.54, 1.807) is 0 Å². The number of amides is 2. The summed E-state index contributed by atoms with van der Waals surface area (Å²) in [5, 5.41) is 3.94.